The highest BCUT2D eigenvalue weighted by Crippen LogP contribution is 2.26. The molecule has 0 saturated carbocycles. The van der Waals surface area contributed by atoms with E-state index in [9.17, 15) is 14.4 Å². The van der Waals surface area contributed by atoms with Gasteiger partial charge in [0.15, 0.2) is 0 Å². The Hall–Kier alpha value is -3.61. The van der Waals surface area contributed by atoms with Crippen LogP contribution in [0.3, 0.4) is 0 Å². The smallest absolute Gasteiger partial charge is 0.408 e. The molecule has 0 bridgehead atoms. The van der Waals surface area contributed by atoms with Crippen LogP contribution in [-0.4, -0.2) is 23.7 Å². The summed E-state index contributed by atoms with van der Waals surface area (Å²) in [5.74, 6) is 0.184. The van der Waals surface area contributed by atoms with Crippen molar-refractivity contribution in [3.63, 3.8) is 0 Å². The molecule has 0 unspecified atom stereocenters. The molecule has 1 amide bonds. The molecule has 1 atom stereocenters. The molecule has 3 aromatic rings. The zero-order valence-electron chi connectivity index (χ0n) is 20.4. The SMILES string of the molecule is Cc1oc2cc(OC(=O)[C@H](CC(C)C)NC(=O)OC(C)(C)C)ccc2c(=O)c1-c1ccccc1. The van der Waals surface area contributed by atoms with Crippen molar-refractivity contribution < 1.29 is 23.5 Å². The van der Waals surface area contributed by atoms with Crippen LogP contribution in [0.4, 0.5) is 4.79 Å². The summed E-state index contributed by atoms with van der Waals surface area (Å²) in [6.45, 7) is 10.8. The van der Waals surface area contributed by atoms with E-state index in [4.69, 9.17) is 13.9 Å². The largest absolute Gasteiger partial charge is 0.460 e. The van der Waals surface area contributed by atoms with Gasteiger partial charge < -0.3 is 19.2 Å². The molecule has 180 valence electrons. The zero-order valence-corrected chi connectivity index (χ0v) is 20.4. The maximum absolute atomic E-state index is 13.1. The molecule has 0 aliphatic carbocycles. The number of hydrogen-bond acceptors (Lipinski definition) is 6. The quantitative estimate of drug-likeness (QED) is 0.375. The molecule has 0 aliphatic heterocycles. The van der Waals surface area contributed by atoms with Crippen LogP contribution >= 0.6 is 0 Å². The molecule has 7 heteroatoms. The van der Waals surface area contributed by atoms with Gasteiger partial charge in [0.05, 0.1) is 10.9 Å². The summed E-state index contributed by atoms with van der Waals surface area (Å²) in [7, 11) is 0. The average Bonchev–Trinajstić information content (AvgIpc) is 2.72. The first-order chi connectivity index (χ1) is 15.9. The van der Waals surface area contributed by atoms with E-state index in [-0.39, 0.29) is 17.1 Å². The van der Waals surface area contributed by atoms with Crippen molar-refractivity contribution >= 4 is 23.0 Å². The molecule has 1 N–H and O–H groups in total. The van der Waals surface area contributed by atoms with E-state index < -0.39 is 23.7 Å². The summed E-state index contributed by atoms with van der Waals surface area (Å²) in [6, 6.07) is 13.1. The number of aryl methyl sites for hydroxylation is 1. The number of alkyl carbamates (subject to hydrolysis) is 1. The standard InChI is InChI=1S/C27H31NO6/c1-16(2)14-21(28-26(31)34-27(4,5)6)25(30)33-19-12-13-20-22(15-19)32-17(3)23(24(20)29)18-10-8-7-9-11-18/h7-13,15-16,21H,14H2,1-6H3,(H,28,31)/t21-/m0/s1. The molecular weight excluding hydrogens is 434 g/mol. The molecule has 3 rings (SSSR count). The van der Waals surface area contributed by atoms with Gasteiger partial charge in [-0.2, -0.15) is 0 Å². The lowest BCUT2D eigenvalue weighted by molar-refractivity contribution is -0.137. The van der Waals surface area contributed by atoms with E-state index in [1.165, 1.54) is 6.07 Å². The Kier molecular flexibility index (Phi) is 7.44. The van der Waals surface area contributed by atoms with E-state index in [1.807, 2.05) is 44.2 Å². The maximum Gasteiger partial charge on any atom is 0.408 e. The van der Waals surface area contributed by atoms with Crippen molar-refractivity contribution in [3.8, 4) is 16.9 Å². The summed E-state index contributed by atoms with van der Waals surface area (Å²) in [4.78, 5) is 38.2. The lowest BCUT2D eigenvalue weighted by atomic mass is 10.0. The zero-order chi connectivity index (χ0) is 25.0. The molecule has 0 fully saturated rings. The predicted octanol–water partition coefficient (Wildman–Crippen LogP) is 5.61. The van der Waals surface area contributed by atoms with Gasteiger partial charge in [-0.15, -0.1) is 0 Å². The topological polar surface area (TPSA) is 94.8 Å². The Labute approximate surface area is 199 Å². The molecule has 0 aliphatic rings. The Bertz CT molecular complexity index is 1240. The van der Waals surface area contributed by atoms with Gasteiger partial charge in [0, 0.05) is 6.07 Å². The van der Waals surface area contributed by atoms with Gasteiger partial charge in [-0.1, -0.05) is 44.2 Å². The van der Waals surface area contributed by atoms with E-state index in [0.29, 0.717) is 28.7 Å². The first kappa shape index (κ1) is 25.0. The van der Waals surface area contributed by atoms with E-state index in [1.54, 1.807) is 39.8 Å². The van der Waals surface area contributed by atoms with Gasteiger partial charge >= 0.3 is 12.1 Å². The van der Waals surface area contributed by atoms with Crippen molar-refractivity contribution in [2.45, 2.75) is 59.6 Å². The number of hydrogen-bond donors (Lipinski definition) is 1. The van der Waals surface area contributed by atoms with Crippen molar-refractivity contribution in [2.24, 2.45) is 5.92 Å². The van der Waals surface area contributed by atoms with Gasteiger partial charge in [0.2, 0.25) is 5.43 Å². The minimum absolute atomic E-state index is 0.126. The number of benzene rings is 2. The highest BCUT2D eigenvalue weighted by molar-refractivity contribution is 5.86. The summed E-state index contributed by atoms with van der Waals surface area (Å²) in [6.07, 6.45) is -0.316. The summed E-state index contributed by atoms with van der Waals surface area (Å²) in [5.41, 5.74) is 0.732. The van der Waals surface area contributed by atoms with Crippen molar-refractivity contribution in [1.29, 1.82) is 0 Å². The van der Waals surface area contributed by atoms with E-state index in [0.717, 1.165) is 5.56 Å². The van der Waals surface area contributed by atoms with Crippen LogP contribution in [0.2, 0.25) is 0 Å². The van der Waals surface area contributed by atoms with E-state index in [2.05, 4.69) is 5.32 Å². The number of rotatable bonds is 6. The third-order valence-electron chi connectivity index (χ3n) is 5.00. The number of esters is 1. The van der Waals surface area contributed by atoms with Gasteiger partial charge in [0.25, 0.3) is 0 Å². The first-order valence-electron chi connectivity index (χ1n) is 11.3. The molecule has 0 spiro atoms. The normalized spacial score (nSPS) is 12.4. The fourth-order valence-electron chi connectivity index (χ4n) is 3.61. The van der Waals surface area contributed by atoms with Crippen LogP contribution in [0, 0.1) is 12.8 Å². The monoisotopic (exact) mass is 465 g/mol. The number of carbonyl (C=O) groups excluding carboxylic acids is 2. The highest BCUT2D eigenvalue weighted by atomic mass is 16.6. The van der Waals surface area contributed by atoms with Gasteiger partial charge in [-0.25, -0.2) is 9.59 Å². The predicted molar refractivity (Wildman–Crippen MR) is 131 cm³/mol. The lowest BCUT2D eigenvalue weighted by Crippen LogP contribution is -2.45. The number of fused-ring (bicyclic) bond motifs is 1. The van der Waals surface area contributed by atoms with Crippen LogP contribution in [0.5, 0.6) is 5.75 Å². The number of carbonyl (C=O) groups is 2. The second kappa shape index (κ2) is 10.1. The number of amides is 1. The molecule has 1 aromatic heterocycles. The molecule has 0 radical (unpaired) electrons. The third kappa shape index (κ3) is 6.25. The fraction of sp³-hybridized carbons (Fsp3) is 0.370. The van der Waals surface area contributed by atoms with Crippen LogP contribution in [-0.2, 0) is 9.53 Å². The minimum atomic E-state index is -0.889. The second-order valence-corrected chi connectivity index (χ2v) is 9.64. The van der Waals surface area contributed by atoms with Crippen molar-refractivity contribution in [3.05, 3.63) is 64.5 Å². The Morgan fingerprint density at radius 2 is 1.74 bits per heavy atom. The molecule has 34 heavy (non-hydrogen) atoms. The first-order valence-corrected chi connectivity index (χ1v) is 11.3. The van der Waals surface area contributed by atoms with Crippen molar-refractivity contribution in [2.75, 3.05) is 0 Å². The second-order valence-electron chi connectivity index (χ2n) is 9.64. The molecule has 0 saturated heterocycles. The van der Waals surface area contributed by atoms with Gasteiger partial charge in [-0.05, 0) is 57.7 Å². The molecule has 7 nitrogen and oxygen atoms in total. The molecular formula is C27H31NO6. The average molecular weight is 466 g/mol. The third-order valence-corrected chi connectivity index (χ3v) is 5.00. The Morgan fingerprint density at radius 1 is 1.06 bits per heavy atom. The summed E-state index contributed by atoms with van der Waals surface area (Å²) >= 11 is 0. The van der Waals surface area contributed by atoms with E-state index >= 15 is 0 Å². The van der Waals surface area contributed by atoms with Crippen molar-refractivity contribution in [1.82, 2.24) is 5.32 Å². The molecule has 1 heterocycles. The minimum Gasteiger partial charge on any atom is -0.460 e. The van der Waals surface area contributed by atoms with Crippen LogP contribution in [0.25, 0.3) is 22.1 Å². The highest BCUT2D eigenvalue weighted by Gasteiger charge is 2.27. The molecule has 2 aromatic carbocycles. The Morgan fingerprint density at radius 3 is 2.35 bits per heavy atom. The van der Waals surface area contributed by atoms with Crippen LogP contribution < -0.4 is 15.5 Å². The number of nitrogens with one attached hydrogen (secondary N) is 1. The lowest BCUT2D eigenvalue weighted by Gasteiger charge is -2.23. The van der Waals surface area contributed by atoms with Crippen LogP contribution in [0.15, 0.2) is 57.7 Å². The Balaban J connectivity index is 1.86. The summed E-state index contributed by atoms with van der Waals surface area (Å²) < 4.78 is 16.7. The van der Waals surface area contributed by atoms with Crippen LogP contribution in [0.1, 0.15) is 46.8 Å². The fourth-order valence-corrected chi connectivity index (χ4v) is 3.61. The number of ether oxygens (including phenoxy) is 2. The van der Waals surface area contributed by atoms with Gasteiger partial charge in [-0.3, -0.25) is 4.79 Å². The van der Waals surface area contributed by atoms with Gasteiger partial charge in [0.1, 0.15) is 28.7 Å². The maximum atomic E-state index is 13.1. The summed E-state index contributed by atoms with van der Waals surface area (Å²) in [5, 5.41) is 2.98.